The third kappa shape index (κ3) is 3.01. The van der Waals surface area contributed by atoms with E-state index in [4.69, 9.17) is 14.6 Å². The molecule has 6 nitrogen and oxygen atoms in total. The van der Waals surface area contributed by atoms with E-state index in [0.29, 0.717) is 39.5 Å². The number of phenolic OH excluding ortho intramolecular Hbond substituents is 3. The molecule has 0 unspecified atom stereocenters. The zero-order valence-corrected chi connectivity index (χ0v) is 16.7. The lowest BCUT2D eigenvalue weighted by atomic mass is 9.77. The molecule has 0 bridgehead atoms. The van der Waals surface area contributed by atoms with Gasteiger partial charge in [0.2, 0.25) is 0 Å². The van der Waals surface area contributed by atoms with Gasteiger partial charge in [0.1, 0.15) is 28.7 Å². The predicted molar refractivity (Wildman–Crippen MR) is 116 cm³/mol. The molecule has 2 aliphatic heterocycles. The number of aromatic hydroxyl groups is 3. The Morgan fingerprint density at radius 2 is 1.16 bits per heavy atom. The summed E-state index contributed by atoms with van der Waals surface area (Å²) in [7, 11) is 0. The third-order valence-corrected chi connectivity index (χ3v) is 5.44. The lowest BCUT2D eigenvalue weighted by Crippen LogP contribution is -2.32. The molecule has 0 amide bonds. The minimum Gasteiger partial charge on any atom is -0.508 e. The van der Waals surface area contributed by atoms with Crippen LogP contribution in [-0.2, 0) is 10.3 Å². The molecule has 1 spiro atoms. The molecule has 0 aliphatic carbocycles. The summed E-state index contributed by atoms with van der Waals surface area (Å²) in [5, 5.41) is 28.3. The van der Waals surface area contributed by atoms with Crippen LogP contribution < -0.4 is 4.74 Å². The monoisotopic (exact) mass is 426 g/mol. The van der Waals surface area contributed by atoms with Crippen LogP contribution in [0.25, 0.3) is 0 Å². The van der Waals surface area contributed by atoms with Crippen LogP contribution >= 0.6 is 0 Å². The highest BCUT2D eigenvalue weighted by molar-refractivity contribution is 5.97. The van der Waals surface area contributed by atoms with Gasteiger partial charge in [-0.15, -0.1) is 0 Å². The maximum absolute atomic E-state index is 12.5. The average Bonchev–Trinajstić information content (AvgIpc) is 3.08. The van der Waals surface area contributed by atoms with Gasteiger partial charge in [0, 0.05) is 28.8 Å². The maximum Gasteiger partial charge on any atom is 0.340 e. The molecular formula is C26H18O6. The Kier molecular flexibility index (Phi) is 4.48. The summed E-state index contributed by atoms with van der Waals surface area (Å²) < 4.78 is 11.8. The number of ether oxygens (including phenoxy) is 2. The second-order valence-corrected chi connectivity index (χ2v) is 7.41. The molecule has 4 aromatic rings. The summed E-state index contributed by atoms with van der Waals surface area (Å²) in [5.74, 6) is 0.730. The fraction of sp³-hybridized carbons (Fsp3) is 0.0385. The van der Waals surface area contributed by atoms with Gasteiger partial charge >= 0.3 is 5.97 Å². The van der Waals surface area contributed by atoms with E-state index in [-0.39, 0.29) is 11.5 Å². The van der Waals surface area contributed by atoms with Crippen molar-refractivity contribution in [3.05, 3.63) is 113 Å². The number of phenols is 3. The summed E-state index contributed by atoms with van der Waals surface area (Å²) in [4.78, 5) is 12.5. The Labute approximate surface area is 183 Å². The molecule has 4 aromatic carbocycles. The average molecular weight is 426 g/mol. The number of benzene rings is 4. The summed E-state index contributed by atoms with van der Waals surface area (Å²) in [6.07, 6.45) is 0. The molecule has 32 heavy (non-hydrogen) atoms. The first-order chi connectivity index (χ1) is 15.5. The quantitative estimate of drug-likeness (QED) is 0.340. The van der Waals surface area contributed by atoms with Gasteiger partial charge in [0.15, 0.2) is 5.60 Å². The van der Waals surface area contributed by atoms with Crippen molar-refractivity contribution in [1.29, 1.82) is 0 Å². The van der Waals surface area contributed by atoms with E-state index < -0.39 is 11.6 Å². The summed E-state index contributed by atoms with van der Waals surface area (Å²) in [5.41, 5.74) is 1.28. The zero-order chi connectivity index (χ0) is 22.3. The number of rotatable bonds is 0. The van der Waals surface area contributed by atoms with Gasteiger partial charge in [0.25, 0.3) is 0 Å². The molecule has 0 aromatic heterocycles. The van der Waals surface area contributed by atoms with Gasteiger partial charge in [-0.2, -0.15) is 0 Å². The molecule has 6 heteroatoms. The molecule has 6 rings (SSSR count). The van der Waals surface area contributed by atoms with Crippen molar-refractivity contribution < 1.29 is 29.6 Å². The first-order valence-corrected chi connectivity index (χ1v) is 9.91. The van der Waals surface area contributed by atoms with Gasteiger partial charge in [0.05, 0.1) is 5.56 Å². The van der Waals surface area contributed by atoms with E-state index in [9.17, 15) is 15.0 Å². The third-order valence-electron chi connectivity index (χ3n) is 5.44. The molecule has 0 atom stereocenters. The largest absolute Gasteiger partial charge is 0.508 e. The van der Waals surface area contributed by atoms with E-state index in [1.54, 1.807) is 48.5 Å². The standard InChI is InChI=1S/C20H12O5.C6H6O/c21-11-5-7-15-17(9-11)24-18-10-12(22)6-8-16(18)20(15)14-4-2-1-3-13(14)19(23)25-20;7-6-4-2-1-3-5-6/h1-10,21-22H;1-5,7H. The second-order valence-electron chi connectivity index (χ2n) is 7.41. The Balaban J connectivity index is 0.000000265. The highest BCUT2D eigenvalue weighted by Crippen LogP contribution is 2.56. The molecule has 0 radical (unpaired) electrons. The van der Waals surface area contributed by atoms with Crippen LogP contribution in [0.3, 0.4) is 0 Å². The molecular weight excluding hydrogens is 408 g/mol. The van der Waals surface area contributed by atoms with Crippen molar-refractivity contribution >= 4 is 5.97 Å². The maximum atomic E-state index is 12.5. The molecule has 2 aliphatic rings. The Hall–Kier alpha value is -4.45. The van der Waals surface area contributed by atoms with Gasteiger partial charge in [-0.3, -0.25) is 0 Å². The van der Waals surface area contributed by atoms with E-state index in [1.807, 2.05) is 18.2 Å². The number of carbonyl (C=O) groups is 1. The lowest BCUT2D eigenvalue weighted by molar-refractivity contribution is 0.0224. The molecule has 2 heterocycles. The molecule has 158 valence electrons. The SMILES string of the molecule is O=C1OC2(c3ccc(O)cc3Oc3cc(O)ccc32)c2ccccc21.Oc1ccccc1. The highest BCUT2D eigenvalue weighted by atomic mass is 16.6. The van der Waals surface area contributed by atoms with E-state index in [2.05, 4.69) is 0 Å². The Morgan fingerprint density at radius 3 is 1.72 bits per heavy atom. The zero-order valence-electron chi connectivity index (χ0n) is 16.7. The molecule has 0 fully saturated rings. The molecule has 3 N–H and O–H groups in total. The normalized spacial score (nSPS) is 14.2. The van der Waals surface area contributed by atoms with Crippen LogP contribution in [0.15, 0.2) is 91.0 Å². The van der Waals surface area contributed by atoms with E-state index >= 15 is 0 Å². The van der Waals surface area contributed by atoms with Gasteiger partial charge in [-0.25, -0.2) is 4.79 Å². The number of fused-ring (bicyclic) bond motifs is 6. The highest BCUT2D eigenvalue weighted by Gasteiger charge is 2.53. The molecule has 0 saturated carbocycles. The van der Waals surface area contributed by atoms with Crippen LogP contribution in [-0.4, -0.2) is 21.3 Å². The first kappa shape index (κ1) is 19.5. The van der Waals surface area contributed by atoms with Crippen LogP contribution in [0.2, 0.25) is 0 Å². The van der Waals surface area contributed by atoms with Crippen molar-refractivity contribution in [3.63, 3.8) is 0 Å². The van der Waals surface area contributed by atoms with Gasteiger partial charge < -0.3 is 24.8 Å². The molecule has 0 saturated heterocycles. The Morgan fingerprint density at radius 1 is 0.594 bits per heavy atom. The smallest absolute Gasteiger partial charge is 0.340 e. The van der Waals surface area contributed by atoms with Crippen LogP contribution in [0.4, 0.5) is 0 Å². The second kappa shape index (κ2) is 7.35. The number of para-hydroxylation sites is 1. The van der Waals surface area contributed by atoms with E-state index in [0.717, 1.165) is 0 Å². The van der Waals surface area contributed by atoms with Gasteiger partial charge in [-0.1, -0.05) is 36.4 Å². The first-order valence-electron chi connectivity index (χ1n) is 9.91. The lowest BCUT2D eigenvalue weighted by Gasteiger charge is -2.36. The van der Waals surface area contributed by atoms with Crippen molar-refractivity contribution in [2.75, 3.05) is 0 Å². The minimum absolute atomic E-state index is 0.0371. The summed E-state index contributed by atoms with van der Waals surface area (Å²) in [6.45, 7) is 0. The van der Waals surface area contributed by atoms with Crippen molar-refractivity contribution in [1.82, 2.24) is 0 Å². The minimum atomic E-state index is -1.17. The van der Waals surface area contributed by atoms with Gasteiger partial charge in [-0.05, 0) is 42.5 Å². The summed E-state index contributed by atoms with van der Waals surface area (Å²) >= 11 is 0. The number of carbonyl (C=O) groups excluding carboxylic acids is 1. The fourth-order valence-electron chi connectivity index (χ4n) is 4.08. The van der Waals surface area contributed by atoms with Crippen LogP contribution in [0.1, 0.15) is 27.0 Å². The topological polar surface area (TPSA) is 96.2 Å². The Bertz CT molecular complexity index is 1280. The van der Waals surface area contributed by atoms with Crippen molar-refractivity contribution in [2.24, 2.45) is 0 Å². The van der Waals surface area contributed by atoms with E-state index in [1.165, 1.54) is 24.3 Å². The fourth-order valence-corrected chi connectivity index (χ4v) is 4.08. The predicted octanol–water partition coefficient (Wildman–Crippen LogP) is 5.06. The number of esters is 1. The van der Waals surface area contributed by atoms with Crippen LogP contribution in [0, 0.1) is 0 Å². The number of hydrogen-bond donors (Lipinski definition) is 3. The van der Waals surface area contributed by atoms with Crippen LogP contribution in [0.5, 0.6) is 28.7 Å². The van der Waals surface area contributed by atoms with Crippen molar-refractivity contribution in [2.45, 2.75) is 5.60 Å². The summed E-state index contributed by atoms with van der Waals surface area (Å²) in [6, 6.07) is 25.3. The number of hydrogen-bond acceptors (Lipinski definition) is 6. The van der Waals surface area contributed by atoms with Crippen molar-refractivity contribution in [3.8, 4) is 28.7 Å².